The average molecular weight is 417 g/mol. The number of benzene rings is 2. The lowest BCUT2D eigenvalue weighted by Gasteiger charge is -2.28. The molecular weight excluding hydrogens is 384 g/mol. The Hall–Kier alpha value is -2.92. The zero-order chi connectivity index (χ0) is 21.8. The standard InChI is InChI=1S/C26H32N4O/c1-18-7-6-8-23(19(18)2)24-17-21(28-26(27)29-24)11-14-25(30-15-4-5-16-30)20-9-12-22(31-3)13-10-20/h6-10,12-13,17,25H,4-5,11,14-16H2,1-3H3,(H2,27,28,29). The first-order valence-electron chi connectivity index (χ1n) is 11.1. The van der Waals surface area contributed by atoms with Gasteiger partial charge in [-0.15, -0.1) is 0 Å². The molecule has 1 aliphatic rings. The van der Waals surface area contributed by atoms with Gasteiger partial charge in [-0.1, -0.05) is 30.3 Å². The molecule has 4 rings (SSSR count). The molecule has 2 aromatic carbocycles. The van der Waals surface area contributed by atoms with Crippen LogP contribution in [-0.4, -0.2) is 35.1 Å². The molecule has 1 fully saturated rings. The van der Waals surface area contributed by atoms with Crippen LogP contribution in [0.1, 0.15) is 47.7 Å². The van der Waals surface area contributed by atoms with Crippen LogP contribution < -0.4 is 10.5 Å². The Labute approximate surface area is 185 Å². The van der Waals surface area contributed by atoms with Crippen molar-refractivity contribution in [1.82, 2.24) is 14.9 Å². The van der Waals surface area contributed by atoms with E-state index in [1.54, 1.807) is 7.11 Å². The molecule has 0 amide bonds. The number of anilines is 1. The second-order valence-corrected chi connectivity index (χ2v) is 8.42. The van der Waals surface area contributed by atoms with E-state index in [4.69, 9.17) is 10.5 Å². The normalized spacial score (nSPS) is 15.2. The molecule has 1 aromatic heterocycles. The predicted molar refractivity (Wildman–Crippen MR) is 126 cm³/mol. The first-order chi connectivity index (χ1) is 15.0. The van der Waals surface area contributed by atoms with E-state index in [2.05, 4.69) is 77.2 Å². The maximum absolute atomic E-state index is 6.11. The largest absolute Gasteiger partial charge is 0.497 e. The van der Waals surface area contributed by atoms with Crippen LogP contribution in [0.25, 0.3) is 11.3 Å². The van der Waals surface area contributed by atoms with E-state index in [-0.39, 0.29) is 0 Å². The number of nitrogens with zero attached hydrogens (tertiary/aromatic N) is 3. The third-order valence-corrected chi connectivity index (χ3v) is 6.43. The van der Waals surface area contributed by atoms with Crippen molar-refractivity contribution in [3.8, 4) is 17.0 Å². The lowest BCUT2D eigenvalue weighted by Crippen LogP contribution is -2.26. The number of methoxy groups -OCH3 is 1. The van der Waals surface area contributed by atoms with Gasteiger partial charge in [0.25, 0.3) is 0 Å². The maximum Gasteiger partial charge on any atom is 0.220 e. The minimum Gasteiger partial charge on any atom is -0.497 e. The van der Waals surface area contributed by atoms with E-state index in [1.165, 1.54) is 29.5 Å². The third kappa shape index (κ3) is 4.88. The fourth-order valence-electron chi connectivity index (χ4n) is 4.54. The molecule has 0 saturated carbocycles. The van der Waals surface area contributed by atoms with Gasteiger partial charge < -0.3 is 10.5 Å². The van der Waals surface area contributed by atoms with E-state index in [0.717, 1.165) is 48.6 Å². The number of likely N-dealkylation sites (tertiary alicyclic amines) is 1. The van der Waals surface area contributed by atoms with Crippen molar-refractivity contribution in [2.45, 2.75) is 45.6 Å². The molecule has 0 spiro atoms. The average Bonchev–Trinajstić information content (AvgIpc) is 3.30. The number of aromatic nitrogens is 2. The highest BCUT2D eigenvalue weighted by Crippen LogP contribution is 2.31. The third-order valence-electron chi connectivity index (χ3n) is 6.43. The molecule has 2 heterocycles. The quantitative estimate of drug-likeness (QED) is 0.579. The molecule has 1 atom stereocenters. The summed E-state index contributed by atoms with van der Waals surface area (Å²) in [6, 6.07) is 17.3. The second kappa shape index (κ2) is 9.48. The van der Waals surface area contributed by atoms with Crippen LogP contribution >= 0.6 is 0 Å². The maximum atomic E-state index is 6.11. The van der Waals surface area contributed by atoms with Crippen LogP contribution in [0, 0.1) is 13.8 Å². The van der Waals surface area contributed by atoms with Gasteiger partial charge in [0.2, 0.25) is 5.95 Å². The molecule has 1 saturated heterocycles. The van der Waals surface area contributed by atoms with Gasteiger partial charge in [0.05, 0.1) is 12.8 Å². The van der Waals surface area contributed by atoms with Crippen molar-refractivity contribution in [2.75, 3.05) is 25.9 Å². The van der Waals surface area contributed by atoms with Crippen molar-refractivity contribution < 1.29 is 4.74 Å². The number of nitrogens with two attached hydrogens (primary N) is 1. The molecule has 0 radical (unpaired) electrons. The Morgan fingerprint density at radius 3 is 2.48 bits per heavy atom. The van der Waals surface area contributed by atoms with Crippen LogP contribution in [0.3, 0.4) is 0 Å². The van der Waals surface area contributed by atoms with Crippen LogP contribution in [0.5, 0.6) is 5.75 Å². The molecule has 3 aromatic rings. The van der Waals surface area contributed by atoms with Crippen molar-refractivity contribution in [3.63, 3.8) is 0 Å². The Bertz CT molecular complexity index is 1030. The van der Waals surface area contributed by atoms with Crippen LogP contribution in [0.15, 0.2) is 48.5 Å². The lowest BCUT2D eigenvalue weighted by atomic mass is 9.97. The number of hydrogen-bond acceptors (Lipinski definition) is 5. The zero-order valence-corrected chi connectivity index (χ0v) is 18.8. The Morgan fingerprint density at radius 1 is 1.03 bits per heavy atom. The summed E-state index contributed by atoms with van der Waals surface area (Å²) in [7, 11) is 1.71. The number of hydrogen-bond donors (Lipinski definition) is 1. The van der Waals surface area contributed by atoms with Gasteiger partial charge in [-0.3, -0.25) is 4.90 Å². The summed E-state index contributed by atoms with van der Waals surface area (Å²) in [5.41, 5.74) is 13.0. The molecule has 1 aliphatic heterocycles. The number of rotatable bonds is 7. The van der Waals surface area contributed by atoms with E-state index in [1.807, 2.05) is 0 Å². The van der Waals surface area contributed by atoms with E-state index < -0.39 is 0 Å². The molecule has 31 heavy (non-hydrogen) atoms. The highest BCUT2D eigenvalue weighted by atomic mass is 16.5. The monoisotopic (exact) mass is 416 g/mol. The summed E-state index contributed by atoms with van der Waals surface area (Å²) in [6.45, 7) is 6.56. The Morgan fingerprint density at radius 2 is 1.77 bits per heavy atom. The van der Waals surface area contributed by atoms with Gasteiger partial charge >= 0.3 is 0 Å². The molecule has 2 N–H and O–H groups in total. The summed E-state index contributed by atoms with van der Waals surface area (Å²) >= 11 is 0. The molecule has 0 bridgehead atoms. The van der Waals surface area contributed by atoms with Gasteiger partial charge in [-0.25, -0.2) is 9.97 Å². The number of nitrogen functional groups attached to an aromatic ring is 1. The number of aryl methyl sites for hydroxylation is 2. The molecule has 5 heteroatoms. The van der Waals surface area contributed by atoms with Gasteiger partial charge in [0, 0.05) is 17.3 Å². The number of ether oxygens (including phenoxy) is 1. The molecule has 1 unspecified atom stereocenters. The Balaban J connectivity index is 1.58. The summed E-state index contributed by atoms with van der Waals surface area (Å²) < 4.78 is 5.35. The molecule has 162 valence electrons. The van der Waals surface area contributed by atoms with E-state index in [0.29, 0.717) is 12.0 Å². The van der Waals surface area contributed by atoms with Crippen LogP contribution in [0.4, 0.5) is 5.95 Å². The van der Waals surface area contributed by atoms with Crippen molar-refractivity contribution in [3.05, 3.63) is 70.9 Å². The Kier molecular flexibility index (Phi) is 6.52. The van der Waals surface area contributed by atoms with Crippen LogP contribution in [-0.2, 0) is 6.42 Å². The summed E-state index contributed by atoms with van der Waals surface area (Å²) in [6.07, 6.45) is 4.39. The smallest absolute Gasteiger partial charge is 0.220 e. The molecular formula is C26H32N4O. The topological polar surface area (TPSA) is 64.3 Å². The lowest BCUT2D eigenvalue weighted by molar-refractivity contribution is 0.233. The van der Waals surface area contributed by atoms with Crippen molar-refractivity contribution >= 4 is 5.95 Å². The highest BCUT2D eigenvalue weighted by molar-refractivity contribution is 5.66. The van der Waals surface area contributed by atoms with Crippen LogP contribution in [0.2, 0.25) is 0 Å². The first kappa shape index (κ1) is 21.3. The second-order valence-electron chi connectivity index (χ2n) is 8.42. The first-order valence-corrected chi connectivity index (χ1v) is 11.1. The summed E-state index contributed by atoms with van der Waals surface area (Å²) in [5.74, 6) is 1.24. The fraction of sp³-hybridized carbons (Fsp3) is 0.385. The summed E-state index contributed by atoms with van der Waals surface area (Å²) in [4.78, 5) is 11.7. The minimum absolute atomic E-state index is 0.343. The van der Waals surface area contributed by atoms with Gasteiger partial charge in [0.15, 0.2) is 0 Å². The van der Waals surface area contributed by atoms with Crippen molar-refractivity contribution in [2.24, 2.45) is 0 Å². The fourth-order valence-corrected chi connectivity index (χ4v) is 4.54. The van der Waals surface area contributed by atoms with Gasteiger partial charge in [-0.05, 0) is 87.5 Å². The van der Waals surface area contributed by atoms with Crippen molar-refractivity contribution in [1.29, 1.82) is 0 Å². The molecule has 5 nitrogen and oxygen atoms in total. The van der Waals surface area contributed by atoms with E-state index >= 15 is 0 Å². The SMILES string of the molecule is COc1ccc(C(CCc2cc(-c3cccc(C)c3C)nc(N)n2)N2CCCC2)cc1. The minimum atomic E-state index is 0.343. The van der Waals surface area contributed by atoms with E-state index in [9.17, 15) is 0 Å². The van der Waals surface area contributed by atoms with Gasteiger partial charge in [0.1, 0.15) is 5.75 Å². The highest BCUT2D eigenvalue weighted by Gasteiger charge is 2.23. The predicted octanol–water partition coefficient (Wildman–Crippen LogP) is 5.12. The van der Waals surface area contributed by atoms with Gasteiger partial charge in [-0.2, -0.15) is 0 Å². The summed E-state index contributed by atoms with van der Waals surface area (Å²) in [5, 5.41) is 0. The molecule has 0 aliphatic carbocycles. The zero-order valence-electron chi connectivity index (χ0n) is 18.8.